The minimum Gasteiger partial charge on any atom is -0.374 e. The summed E-state index contributed by atoms with van der Waals surface area (Å²) in [5.74, 6) is 0.141. The first-order valence-electron chi connectivity index (χ1n) is 9.32. The Hall–Kier alpha value is -0.730. The second kappa shape index (κ2) is 8.58. The molecule has 3 rings (SSSR count). The highest BCUT2D eigenvalue weighted by molar-refractivity contribution is 5.81. The zero-order valence-corrected chi connectivity index (χ0v) is 15.1. The standard InChI is InChI=1S/C17H32N4O3/c1-14(2)21-8-10-23-15(13-21)12-19-4-6-20(7-5-19)17(22)16-11-18-3-9-24-16/h14-16,18H,3-13H2,1-2H3. The number of morpholine rings is 2. The predicted octanol–water partition coefficient (Wildman–Crippen LogP) is -0.772. The van der Waals surface area contributed by atoms with E-state index in [9.17, 15) is 4.79 Å². The molecular formula is C17H32N4O3. The molecule has 7 heteroatoms. The second-order valence-corrected chi connectivity index (χ2v) is 7.27. The molecule has 24 heavy (non-hydrogen) atoms. The van der Waals surface area contributed by atoms with Crippen LogP contribution in [0.25, 0.3) is 0 Å². The molecule has 7 nitrogen and oxygen atoms in total. The number of nitrogens with one attached hydrogen (secondary N) is 1. The van der Waals surface area contributed by atoms with Crippen molar-refractivity contribution < 1.29 is 14.3 Å². The van der Waals surface area contributed by atoms with Crippen molar-refractivity contribution in [3.05, 3.63) is 0 Å². The molecule has 2 atom stereocenters. The molecule has 138 valence electrons. The van der Waals surface area contributed by atoms with E-state index in [1.165, 1.54) is 0 Å². The van der Waals surface area contributed by atoms with E-state index in [0.717, 1.165) is 59.0 Å². The van der Waals surface area contributed by atoms with Gasteiger partial charge in [-0.15, -0.1) is 0 Å². The number of hydrogen-bond acceptors (Lipinski definition) is 6. The maximum atomic E-state index is 12.5. The van der Waals surface area contributed by atoms with Crippen LogP contribution in [0.3, 0.4) is 0 Å². The molecule has 3 fully saturated rings. The minimum absolute atomic E-state index is 0.141. The van der Waals surface area contributed by atoms with E-state index >= 15 is 0 Å². The first-order chi connectivity index (χ1) is 11.6. The molecule has 0 radical (unpaired) electrons. The molecule has 3 saturated heterocycles. The van der Waals surface area contributed by atoms with Gasteiger partial charge in [0.15, 0.2) is 0 Å². The molecule has 0 aliphatic carbocycles. The molecule has 0 spiro atoms. The molecule has 2 unspecified atom stereocenters. The van der Waals surface area contributed by atoms with Crippen molar-refractivity contribution in [2.75, 3.05) is 72.1 Å². The lowest BCUT2D eigenvalue weighted by Crippen LogP contribution is -2.57. The summed E-state index contributed by atoms with van der Waals surface area (Å²) in [6.07, 6.45) is -0.0131. The van der Waals surface area contributed by atoms with Crippen molar-refractivity contribution in [1.29, 1.82) is 0 Å². The van der Waals surface area contributed by atoms with Crippen LogP contribution in [0.5, 0.6) is 0 Å². The van der Waals surface area contributed by atoms with E-state index in [4.69, 9.17) is 9.47 Å². The van der Waals surface area contributed by atoms with Gasteiger partial charge in [-0.05, 0) is 13.8 Å². The van der Waals surface area contributed by atoms with Crippen LogP contribution in [-0.4, -0.2) is 111 Å². The smallest absolute Gasteiger partial charge is 0.253 e. The van der Waals surface area contributed by atoms with E-state index in [0.29, 0.717) is 19.2 Å². The highest BCUT2D eigenvalue weighted by atomic mass is 16.5. The lowest BCUT2D eigenvalue weighted by atomic mass is 10.2. The van der Waals surface area contributed by atoms with E-state index in [1.54, 1.807) is 0 Å². The molecule has 3 aliphatic heterocycles. The van der Waals surface area contributed by atoms with E-state index < -0.39 is 0 Å². The summed E-state index contributed by atoms with van der Waals surface area (Å²) in [7, 11) is 0. The number of nitrogens with zero attached hydrogens (tertiary/aromatic N) is 3. The van der Waals surface area contributed by atoms with Crippen molar-refractivity contribution in [1.82, 2.24) is 20.0 Å². The molecule has 0 aromatic rings. The average Bonchev–Trinajstić information content (AvgIpc) is 2.63. The maximum absolute atomic E-state index is 12.5. The third kappa shape index (κ3) is 4.67. The van der Waals surface area contributed by atoms with Gasteiger partial charge < -0.3 is 19.7 Å². The van der Waals surface area contributed by atoms with Gasteiger partial charge in [-0.1, -0.05) is 0 Å². The topological polar surface area (TPSA) is 57.3 Å². The summed E-state index contributed by atoms with van der Waals surface area (Å²) in [6.45, 7) is 13.9. The Labute approximate surface area is 145 Å². The van der Waals surface area contributed by atoms with Crippen LogP contribution >= 0.6 is 0 Å². The normalized spacial score (nSPS) is 30.7. The zero-order valence-electron chi connectivity index (χ0n) is 15.1. The van der Waals surface area contributed by atoms with Gasteiger partial charge in [0.05, 0.1) is 19.3 Å². The summed E-state index contributed by atoms with van der Waals surface area (Å²) in [4.78, 5) is 19.3. The Bertz CT molecular complexity index is 407. The second-order valence-electron chi connectivity index (χ2n) is 7.27. The molecule has 1 N–H and O–H groups in total. The number of carbonyl (C=O) groups excluding carboxylic acids is 1. The van der Waals surface area contributed by atoms with Crippen LogP contribution in [0, 0.1) is 0 Å². The minimum atomic E-state index is -0.299. The monoisotopic (exact) mass is 340 g/mol. The van der Waals surface area contributed by atoms with Gasteiger partial charge in [0, 0.05) is 64.9 Å². The lowest BCUT2D eigenvalue weighted by molar-refractivity contribution is -0.147. The number of rotatable bonds is 4. The molecule has 3 heterocycles. The Morgan fingerprint density at radius 2 is 1.92 bits per heavy atom. The van der Waals surface area contributed by atoms with Gasteiger partial charge in [-0.3, -0.25) is 14.6 Å². The molecule has 0 bridgehead atoms. The van der Waals surface area contributed by atoms with Gasteiger partial charge in [-0.2, -0.15) is 0 Å². The molecular weight excluding hydrogens is 308 g/mol. The fourth-order valence-electron chi connectivity index (χ4n) is 3.69. The van der Waals surface area contributed by atoms with Gasteiger partial charge >= 0.3 is 0 Å². The fourth-order valence-corrected chi connectivity index (χ4v) is 3.69. The molecule has 1 amide bonds. The summed E-state index contributed by atoms with van der Waals surface area (Å²) in [5, 5.41) is 3.23. The molecule has 0 aromatic carbocycles. The maximum Gasteiger partial charge on any atom is 0.253 e. The SMILES string of the molecule is CC(C)N1CCOC(CN2CCN(C(=O)C3CNCCO3)CC2)C1. The van der Waals surface area contributed by atoms with Crippen LogP contribution in [0.4, 0.5) is 0 Å². The van der Waals surface area contributed by atoms with Crippen molar-refractivity contribution in [2.24, 2.45) is 0 Å². The number of ether oxygens (including phenoxy) is 2. The van der Waals surface area contributed by atoms with Crippen molar-refractivity contribution >= 4 is 5.91 Å². The van der Waals surface area contributed by atoms with Gasteiger partial charge in [0.25, 0.3) is 5.91 Å². The fraction of sp³-hybridized carbons (Fsp3) is 0.941. The number of hydrogen-bond donors (Lipinski definition) is 1. The van der Waals surface area contributed by atoms with Crippen molar-refractivity contribution in [3.63, 3.8) is 0 Å². The first-order valence-corrected chi connectivity index (χ1v) is 9.32. The van der Waals surface area contributed by atoms with Crippen LogP contribution in [-0.2, 0) is 14.3 Å². The lowest BCUT2D eigenvalue weighted by Gasteiger charge is -2.41. The highest BCUT2D eigenvalue weighted by Crippen LogP contribution is 2.12. The van der Waals surface area contributed by atoms with Crippen molar-refractivity contribution in [3.8, 4) is 0 Å². The van der Waals surface area contributed by atoms with Crippen LogP contribution in [0.2, 0.25) is 0 Å². The number of piperazine rings is 1. The third-order valence-corrected chi connectivity index (χ3v) is 5.25. The number of carbonyl (C=O) groups is 1. The molecule has 0 saturated carbocycles. The van der Waals surface area contributed by atoms with Crippen molar-refractivity contribution in [2.45, 2.75) is 32.1 Å². The molecule has 0 aromatic heterocycles. The Kier molecular flexibility index (Phi) is 6.46. The zero-order chi connectivity index (χ0) is 16.9. The summed E-state index contributed by atoms with van der Waals surface area (Å²) in [5.41, 5.74) is 0. The van der Waals surface area contributed by atoms with Crippen LogP contribution in [0.15, 0.2) is 0 Å². The number of amides is 1. The first kappa shape index (κ1) is 18.1. The van der Waals surface area contributed by atoms with E-state index in [2.05, 4.69) is 29.0 Å². The Balaban J connectivity index is 1.41. The quantitative estimate of drug-likeness (QED) is 0.725. The predicted molar refractivity (Wildman–Crippen MR) is 92.1 cm³/mol. The summed E-state index contributed by atoms with van der Waals surface area (Å²) >= 11 is 0. The average molecular weight is 340 g/mol. The van der Waals surface area contributed by atoms with E-state index in [1.807, 2.05) is 4.90 Å². The Morgan fingerprint density at radius 3 is 2.58 bits per heavy atom. The summed E-state index contributed by atoms with van der Waals surface area (Å²) in [6, 6.07) is 0.579. The molecule has 3 aliphatic rings. The summed E-state index contributed by atoms with van der Waals surface area (Å²) < 4.78 is 11.5. The van der Waals surface area contributed by atoms with Crippen LogP contribution < -0.4 is 5.32 Å². The third-order valence-electron chi connectivity index (χ3n) is 5.25. The largest absolute Gasteiger partial charge is 0.374 e. The van der Waals surface area contributed by atoms with Gasteiger partial charge in [-0.25, -0.2) is 0 Å². The Morgan fingerprint density at radius 1 is 1.12 bits per heavy atom. The van der Waals surface area contributed by atoms with Crippen LogP contribution in [0.1, 0.15) is 13.8 Å². The van der Waals surface area contributed by atoms with E-state index in [-0.39, 0.29) is 18.1 Å². The van der Waals surface area contributed by atoms with Gasteiger partial charge in [0.1, 0.15) is 6.10 Å². The van der Waals surface area contributed by atoms with Gasteiger partial charge in [0.2, 0.25) is 0 Å². The highest BCUT2D eigenvalue weighted by Gasteiger charge is 2.31.